The molecule has 0 bridgehead atoms. The van der Waals surface area contributed by atoms with Gasteiger partial charge in [0.2, 0.25) is 11.8 Å². The minimum Gasteiger partial charge on any atom is -0.381 e. The molecule has 1 saturated heterocycles. The first-order valence-electron chi connectivity index (χ1n) is 7.77. The molecule has 140 valence electrons. The average molecular weight is 378 g/mol. The predicted octanol–water partition coefficient (Wildman–Crippen LogP) is 1.68. The summed E-state index contributed by atoms with van der Waals surface area (Å²) in [5, 5.41) is 2.17. The molecule has 25 heavy (non-hydrogen) atoms. The first-order chi connectivity index (χ1) is 11.4. The van der Waals surface area contributed by atoms with Crippen molar-refractivity contribution in [2.45, 2.75) is 25.3 Å². The van der Waals surface area contributed by atoms with E-state index in [0.717, 1.165) is 12.1 Å². The molecule has 1 aliphatic rings. The molecule has 0 aromatic heterocycles. The van der Waals surface area contributed by atoms with Gasteiger partial charge in [-0.1, -0.05) is 6.07 Å². The second-order valence-corrected chi connectivity index (χ2v) is 5.73. The summed E-state index contributed by atoms with van der Waals surface area (Å²) < 4.78 is 32.3. The lowest BCUT2D eigenvalue weighted by Gasteiger charge is -2.36. The van der Waals surface area contributed by atoms with E-state index in [2.05, 4.69) is 5.32 Å². The third kappa shape index (κ3) is 5.10. The standard InChI is InChI=1S/C16H21F2N3O3.ClH/c1-2-21(15(23)16(19)6-8-24-9-7-16)10-13(22)20-14-11(17)4-3-5-12(14)18;/h3-5H,2,6-10,19H2,1H3,(H,20,22);1H. The lowest BCUT2D eigenvalue weighted by molar-refractivity contribution is -0.142. The summed E-state index contributed by atoms with van der Waals surface area (Å²) in [6, 6.07) is 3.28. The minimum atomic E-state index is -1.07. The monoisotopic (exact) mass is 377 g/mol. The number of hydrogen-bond acceptors (Lipinski definition) is 4. The smallest absolute Gasteiger partial charge is 0.244 e. The Morgan fingerprint density at radius 1 is 1.28 bits per heavy atom. The molecule has 1 aromatic carbocycles. The number of benzene rings is 1. The van der Waals surface area contributed by atoms with Crippen LogP contribution in [0.5, 0.6) is 0 Å². The highest BCUT2D eigenvalue weighted by atomic mass is 35.5. The molecule has 9 heteroatoms. The summed E-state index contributed by atoms with van der Waals surface area (Å²) in [7, 11) is 0. The lowest BCUT2D eigenvalue weighted by Crippen LogP contribution is -2.59. The second kappa shape index (κ2) is 9.07. The fourth-order valence-electron chi connectivity index (χ4n) is 2.56. The van der Waals surface area contributed by atoms with E-state index in [-0.39, 0.29) is 31.4 Å². The normalized spacial score (nSPS) is 15.8. The lowest BCUT2D eigenvalue weighted by atomic mass is 9.89. The molecule has 0 unspecified atom stereocenters. The fraction of sp³-hybridized carbons (Fsp3) is 0.500. The van der Waals surface area contributed by atoms with Gasteiger partial charge in [-0.3, -0.25) is 9.59 Å². The summed E-state index contributed by atoms with van der Waals surface area (Å²) in [4.78, 5) is 25.9. The Morgan fingerprint density at radius 3 is 2.36 bits per heavy atom. The zero-order valence-electron chi connectivity index (χ0n) is 13.9. The summed E-state index contributed by atoms with van der Waals surface area (Å²) in [5.41, 5.74) is 4.53. The first kappa shape index (κ1) is 21.3. The van der Waals surface area contributed by atoms with E-state index in [1.54, 1.807) is 6.92 Å². The molecule has 2 rings (SSSR count). The number of ether oxygens (including phenoxy) is 1. The van der Waals surface area contributed by atoms with E-state index in [9.17, 15) is 18.4 Å². The van der Waals surface area contributed by atoms with Gasteiger partial charge in [0, 0.05) is 19.8 Å². The van der Waals surface area contributed by atoms with Crippen molar-refractivity contribution in [3.63, 3.8) is 0 Å². The van der Waals surface area contributed by atoms with Gasteiger partial charge in [0.15, 0.2) is 0 Å². The number of nitrogens with zero attached hydrogens (tertiary/aromatic N) is 1. The Labute approximate surface area is 151 Å². The molecule has 1 heterocycles. The zero-order chi connectivity index (χ0) is 17.7. The third-order valence-corrected chi connectivity index (χ3v) is 4.04. The quantitative estimate of drug-likeness (QED) is 0.817. The number of halogens is 3. The second-order valence-electron chi connectivity index (χ2n) is 5.73. The van der Waals surface area contributed by atoms with Gasteiger partial charge in [-0.15, -0.1) is 12.4 Å². The van der Waals surface area contributed by atoms with Gasteiger partial charge in [0.1, 0.15) is 17.3 Å². The Morgan fingerprint density at radius 2 is 1.84 bits per heavy atom. The molecule has 6 nitrogen and oxygen atoms in total. The van der Waals surface area contributed by atoms with Gasteiger partial charge in [-0.25, -0.2) is 8.78 Å². The summed E-state index contributed by atoms with van der Waals surface area (Å²) >= 11 is 0. The first-order valence-corrected chi connectivity index (χ1v) is 7.77. The Balaban J connectivity index is 0.00000312. The Kier molecular flexibility index (Phi) is 7.72. The number of amides is 2. The van der Waals surface area contributed by atoms with Crippen molar-refractivity contribution < 1.29 is 23.1 Å². The Bertz CT molecular complexity index is 604. The molecule has 1 aliphatic heterocycles. The van der Waals surface area contributed by atoms with E-state index < -0.39 is 28.8 Å². The highest BCUT2D eigenvalue weighted by Gasteiger charge is 2.39. The van der Waals surface area contributed by atoms with Crippen LogP contribution in [0.15, 0.2) is 18.2 Å². The summed E-state index contributed by atoms with van der Waals surface area (Å²) in [5.74, 6) is -2.81. The van der Waals surface area contributed by atoms with Crippen molar-refractivity contribution in [1.29, 1.82) is 0 Å². The van der Waals surface area contributed by atoms with Crippen LogP contribution in [0, 0.1) is 11.6 Å². The Hall–Kier alpha value is -1.77. The van der Waals surface area contributed by atoms with E-state index >= 15 is 0 Å². The molecule has 0 radical (unpaired) electrons. The van der Waals surface area contributed by atoms with Crippen LogP contribution in [0.25, 0.3) is 0 Å². The molecular formula is C16H22ClF2N3O3. The summed E-state index contributed by atoms with van der Waals surface area (Å²) in [6.07, 6.45) is 0.734. The van der Waals surface area contributed by atoms with Gasteiger partial charge >= 0.3 is 0 Å². The van der Waals surface area contributed by atoms with Gasteiger partial charge in [-0.05, 0) is 31.9 Å². The van der Waals surface area contributed by atoms with Gasteiger partial charge < -0.3 is 20.7 Å². The number of nitrogens with one attached hydrogen (secondary N) is 1. The van der Waals surface area contributed by atoms with Crippen LogP contribution < -0.4 is 11.1 Å². The van der Waals surface area contributed by atoms with Crippen LogP contribution in [0.1, 0.15) is 19.8 Å². The molecule has 0 saturated carbocycles. The summed E-state index contributed by atoms with van der Waals surface area (Å²) in [6.45, 7) is 2.39. The van der Waals surface area contributed by atoms with Crippen molar-refractivity contribution >= 4 is 29.9 Å². The number of anilines is 1. The fourth-order valence-corrected chi connectivity index (χ4v) is 2.56. The number of rotatable bonds is 5. The van der Waals surface area contributed by atoms with Gasteiger partial charge in [0.05, 0.1) is 12.1 Å². The van der Waals surface area contributed by atoms with E-state index in [0.29, 0.717) is 26.1 Å². The molecule has 0 spiro atoms. The van der Waals surface area contributed by atoms with Gasteiger partial charge in [0.25, 0.3) is 0 Å². The van der Waals surface area contributed by atoms with Crippen LogP contribution in [0.2, 0.25) is 0 Å². The highest BCUT2D eigenvalue weighted by molar-refractivity contribution is 5.96. The number of carbonyl (C=O) groups is 2. The van der Waals surface area contributed by atoms with E-state index in [1.807, 2.05) is 0 Å². The van der Waals surface area contributed by atoms with Crippen LogP contribution in [-0.2, 0) is 14.3 Å². The minimum absolute atomic E-state index is 0. The maximum atomic E-state index is 13.6. The maximum absolute atomic E-state index is 13.6. The van der Waals surface area contributed by atoms with Crippen molar-refractivity contribution in [3.8, 4) is 0 Å². The van der Waals surface area contributed by atoms with Crippen molar-refractivity contribution in [2.24, 2.45) is 5.73 Å². The number of hydrogen-bond donors (Lipinski definition) is 2. The largest absolute Gasteiger partial charge is 0.381 e. The number of likely N-dealkylation sites (N-methyl/N-ethyl adjacent to an activating group) is 1. The van der Waals surface area contributed by atoms with Crippen molar-refractivity contribution in [2.75, 3.05) is 31.6 Å². The topological polar surface area (TPSA) is 84.7 Å². The SMILES string of the molecule is CCN(CC(=O)Nc1c(F)cccc1F)C(=O)C1(N)CCOCC1.Cl. The zero-order valence-corrected chi connectivity index (χ0v) is 14.7. The average Bonchev–Trinajstić information content (AvgIpc) is 2.56. The van der Waals surface area contributed by atoms with Crippen LogP contribution >= 0.6 is 12.4 Å². The van der Waals surface area contributed by atoms with Crippen molar-refractivity contribution in [1.82, 2.24) is 4.90 Å². The number of nitrogens with two attached hydrogens (primary N) is 1. The molecule has 0 atom stereocenters. The molecule has 0 aliphatic carbocycles. The highest BCUT2D eigenvalue weighted by Crippen LogP contribution is 2.21. The molecular weight excluding hydrogens is 356 g/mol. The van der Waals surface area contributed by atoms with E-state index in [4.69, 9.17) is 10.5 Å². The number of carbonyl (C=O) groups excluding carboxylic acids is 2. The van der Waals surface area contributed by atoms with Crippen LogP contribution in [0.3, 0.4) is 0 Å². The van der Waals surface area contributed by atoms with E-state index in [1.165, 1.54) is 11.0 Å². The predicted molar refractivity (Wildman–Crippen MR) is 91.5 cm³/mol. The molecule has 3 N–H and O–H groups in total. The molecule has 2 amide bonds. The van der Waals surface area contributed by atoms with Crippen molar-refractivity contribution in [3.05, 3.63) is 29.8 Å². The molecule has 1 aromatic rings. The van der Waals surface area contributed by atoms with Gasteiger partial charge in [-0.2, -0.15) is 0 Å². The molecule has 1 fully saturated rings. The third-order valence-electron chi connectivity index (χ3n) is 4.04. The van der Waals surface area contributed by atoms with Crippen LogP contribution in [0.4, 0.5) is 14.5 Å². The maximum Gasteiger partial charge on any atom is 0.244 e. The number of para-hydroxylation sites is 1. The van der Waals surface area contributed by atoms with Crippen LogP contribution in [-0.4, -0.2) is 48.6 Å².